The summed E-state index contributed by atoms with van der Waals surface area (Å²) in [5, 5.41) is 2.76. The molecule has 2 amide bonds. The van der Waals surface area contributed by atoms with Gasteiger partial charge in [-0.15, -0.1) is 0 Å². The van der Waals surface area contributed by atoms with Crippen molar-refractivity contribution >= 4 is 23.8 Å². The fraction of sp³-hybridized carbons (Fsp3) is 0.462. The van der Waals surface area contributed by atoms with Crippen LogP contribution in [0.25, 0.3) is 0 Å². The summed E-state index contributed by atoms with van der Waals surface area (Å²) in [6.07, 6.45) is 3.00. The Morgan fingerprint density at radius 2 is 2.11 bits per heavy atom. The highest BCUT2D eigenvalue weighted by Crippen LogP contribution is 2.15. The molecule has 1 aliphatic rings. The third-order valence-electron chi connectivity index (χ3n) is 3.14. The molecule has 1 aromatic rings. The van der Waals surface area contributed by atoms with Gasteiger partial charge in [-0.25, -0.2) is 4.98 Å². The highest BCUT2D eigenvalue weighted by molar-refractivity contribution is 5.90. The van der Waals surface area contributed by atoms with Crippen LogP contribution in [0.5, 0.6) is 0 Å². The van der Waals surface area contributed by atoms with E-state index in [-0.39, 0.29) is 5.91 Å². The van der Waals surface area contributed by atoms with Crippen molar-refractivity contribution in [3.8, 4) is 0 Å². The minimum absolute atomic E-state index is 0.0193. The minimum atomic E-state index is -0.0193. The van der Waals surface area contributed by atoms with E-state index >= 15 is 0 Å². The molecule has 6 nitrogen and oxygen atoms in total. The van der Waals surface area contributed by atoms with E-state index in [0.717, 1.165) is 38.4 Å². The molecule has 0 atom stereocenters. The van der Waals surface area contributed by atoms with Crippen LogP contribution in [-0.2, 0) is 9.59 Å². The monoisotopic (exact) mass is 262 g/mol. The molecule has 102 valence electrons. The van der Waals surface area contributed by atoms with E-state index < -0.39 is 0 Å². The smallest absolute Gasteiger partial charge is 0.224 e. The SMILES string of the molecule is CCC(=O)Nc1ccc(N2CCN(C=O)CC2)nc1. The molecule has 0 aromatic carbocycles. The molecule has 2 heterocycles. The van der Waals surface area contributed by atoms with Crippen molar-refractivity contribution in [2.45, 2.75) is 13.3 Å². The number of rotatable bonds is 4. The molecule has 0 aliphatic carbocycles. The van der Waals surface area contributed by atoms with Gasteiger partial charge in [0.05, 0.1) is 11.9 Å². The highest BCUT2D eigenvalue weighted by atomic mass is 16.1. The van der Waals surface area contributed by atoms with E-state index in [1.54, 1.807) is 11.1 Å². The lowest BCUT2D eigenvalue weighted by Crippen LogP contribution is -2.46. The maximum atomic E-state index is 11.2. The molecule has 1 N–H and O–H groups in total. The van der Waals surface area contributed by atoms with Gasteiger partial charge in [-0.2, -0.15) is 0 Å². The van der Waals surface area contributed by atoms with E-state index in [1.165, 1.54) is 0 Å². The first-order chi connectivity index (χ1) is 9.22. The number of hydrogen-bond donors (Lipinski definition) is 1. The second-order valence-corrected chi connectivity index (χ2v) is 4.44. The Labute approximate surface area is 112 Å². The Hall–Kier alpha value is -2.11. The quantitative estimate of drug-likeness (QED) is 0.812. The summed E-state index contributed by atoms with van der Waals surface area (Å²) in [6, 6.07) is 3.74. The average Bonchev–Trinajstić information content (AvgIpc) is 2.48. The van der Waals surface area contributed by atoms with Gasteiger partial charge in [-0.3, -0.25) is 9.59 Å². The first-order valence-electron chi connectivity index (χ1n) is 6.43. The molecule has 0 radical (unpaired) electrons. The van der Waals surface area contributed by atoms with Crippen molar-refractivity contribution in [3.63, 3.8) is 0 Å². The molecule has 6 heteroatoms. The zero-order valence-electron chi connectivity index (χ0n) is 11.0. The van der Waals surface area contributed by atoms with E-state index in [9.17, 15) is 9.59 Å². The summed E-state index contributed by atoms with van der Waals surface area (Å²) in [5.41, 5.74) is 0.710. The summed E-state index contributed by atoms with van der Waals surface area (Å²) in [4.78, 5) is 30.1. The van der Waals surface area contributed by atoms with Crippen LogP contribution in [0, 0.1) is 0 Å². The van der Waals surface area contributed by atoms with Crippen molar-refractivity contribution in [1.29, 1.82) is 0 Å². The maximum absolute atomic E-state index is 11.2. The summed E-state index contributed by atoms with van der Waals surface area (Å²) >= 11 is 0. The molecule has 19 heavy (non-hydrogen) atoms. The zero-order chi connectivity index (χ0) is 13.7. The first-order valence-corrected chi connectivity index (χ1v) is 6.43. The number of aromatic nitrogens is 1. The fourth-order valence-corrected chi connectivity index (χ4v) is 1.95. The molecule has 1 saturated heterocycles. The Bertz CT molecular complexity index is 438. The minimum Gasteiger partial charge on any atom is -0.353 e. The topological polar surface area (TPSA) is 65.5 Å². The van der Waals surface area contributed by atoms with Gasteiger partial charge in [0.2, 0.25) is 12.3 Å². The lowest BCUT2D eigenvalue weighted by Gasteiger charge is -2.33. The van der Waals surface area contributed by atoms with Gasteiger partial charge >= 0.3 is 0 Å². The number of piperazine rings is 1. The molecule has 0 unspecified atom stereocenters. The lowest BCUT2D eigenvalue weighted by atomic mass is 10.3. The van der Waals surface area contributed by atoms with E-state index in [0.29, 0.717) is 12.1 Å². The van der Waals surface area contributed by atoms with Crippen LogP contribution in [0.2, 0.25) is 0 Å². The van der Waals surface area contributed by atoms with Gasteiger partial charge < -0.3 is 15.1 Å². The number of amides is 2. The first kappa shape index (κ1) is 13.3. The molecule has 2 rings (SSSR count). The predicted molar refractivity (Wildman–Crippen MR) is 73.0 cm³/mol. The number of carbonyl (C=O) groups excluding carboxylic acids is 2. The average molecular weight is 262 g/mol. The zero-order valence-corrected chi connectivity index (χ0v) is 11.0. The van der Waals surface area contributed by atoms with E-state index in [4.69, 9.17) is 0 Å². The van der Waals surface area contributed by atoms with E-state index in [1.807, 2.05) is 19.1 Å². The maximum Gasteiger partial charge on any atom is 0.224 e. The lowest BCUT2D eigenvalue weighted by molar-refractivity contribution is -0.118. The number of nitrogens with zero attached hydrogens (tertiary/aromatic N) is 3. The van der Waals surface area contributed by atoms with Gasteiger partial charge in [0, 0.05) is 32.6 Å². The van der Waals surface area contributed by atoms with Crippen LogP contribution in [-0.4, -0.2) is 48.4 Å². The Kier molecular flexibility index (Phi) is 4.33. The Morgan fingerprint density at radius 3 is 2.63 bits per heavy atom. The Balaban J connectivity index is 1.95. The van der Waals surface area contributed by atoms with Crippen molar-refractivity contribution in [3.05, 3.63) is 18.3 Å². The summed E-state index contributed by atoms with van der Waals surface area (Å²) in [7, 11) is 0. The van der Waals surface area contributed by atoms with Crippen molar-refractivity contribution in [2.24, 2.45) is 0 Å². The van der Waals surface area contributed by atoms with Gasteiger partial charge in [0.15, 0.2) is 0 Å². The second kappa shape index (κ2) is 6.17. The van der Waals surface area contributed by atoms with Crippen molar-refractivity contribution in [1.82, 2.24) is 9.88 Å². The van der Waals surface area contributed by atoms with Crippen LogP contribution in [0.15, 0.2) is 18.3 Å². The van der Waals surface area contributed by atoms with Crippen LogP contribution < -0.4 is 10.2 Å². The summed E-state index contributed by atoms with van der Waals surface area (Å²) in [6.45, 7) is 4.82. The second-order valence-electron chi connectivity index (χ2n) is 4.44. The standard InChI is InChI=1S/C13H18N4O2/c1-2-13(19)15-11-3-4-12(14-9-11)17-7-5-16(10-18)6-8-17/h3-4,9-10H,2,5-8H2,1H3,(H,15,19). The molecule has 0 saturated carbocycles. The highest BCUT2D eigenvalue weighted by Gasteiger charge is 2.16. The number of hydrogen-bond acceptors (Lipinski definition) is 4. The molecule has 1 fully saturated rings. The third-order valence-corrected chi connectivity index (χ3v) is 3.14. The van der Waals surface area contributed by atoms with Crippen LogP contribution >= 0.6 is 0 Å². The Morgan fingerprint density at radius 1 is 1.37 bits per heavy atom. The molecular formula is C13H18N4O2. The summed E-state index contributed by atoms with van der Waals surface area (Å²) < 4.78 is 0. The molecule has 1 aromatic heterocycles. The number of pyridine rings is 1. The fourth-order valence-electron chi connectivity index (χ4n) is 1.95. The van der Waals surface area contributed by atoms with Gasteiger partial charge in [0.1, 0.15) is 5.82 Å². The number of carbonyl (C=O) groups is 2. The molecular weight excluding hydrogens is 244 g/mol. The van der Waals surface area contributed by atoms with Gasteiger partial charge in [-0.05, 0) is 12.1 Å². The van der Waals surface area contributed by atoms with Crippen molar-refractivity contribution < 1.29 is 9.59 Å². The normalized spacial score (nSPS) is 15.2. The summed E-state index contributed by atoms with van der Waals surface area (Å²) in [5.74, 6) is 0.856. The number of anilines is 2. The van der Waals surface area contributed by atoms with Crippen LogP contribution in [0.3, 0.4) is 0 Å². The van der Waals surface area contributed by atoms with Crippen LogP contribution in [0.4, 0.5) is 11.5 Å². The predicted octanol–water partition coefficient (Wildman–Crippen LogP) is 0.708. The molecule has 0 spiro atoms. The third kappa shape index (κ3) is 3.43. The molecule has 0 bridgehead atoms. The van der Waals surface area contributed by atoms with E-state index in [2.05, 4.69) is 15.2 Å². The van der Waals surface area contributed by atoms with Crippen molar-refractivity contribution in [2.75, 3.05) is 36.4 Å². The van der Waals surface area contributed by atoms with Crippen LogP contribution in [0.1, 0.15) is 13.3 Å². The van der Waals surface area contributed by atoms with Gasteiger partial charge in [0.25, 0.3) is 0 Å². The largest absolute Gasteiger partial charge is 0.353 e. The number of nitrogens with one attached hydrogen (secondary N) is 1. The van der Waals surface area contributed by atoms with Gasteiger partial charge in [-0.1, -0.05) is 6.92 Å². The molecule has 1 aliphatic heterocycles.